The van der Waals surface area contributed by atoms with Gasteiger partial charge >= 0.3 is 0 Å². The third-order valence-corrected chi connectivity index (χ3v) is 3.94. The molecule has 1 aromatic rings. The quantitative estimate of drug-likeness (QED) is 0.762. The Kier molecular flexibility index (Phi) is 3.36. The zero-order valence-electron chi connectivity index (χ0n) is 10.9. The second-order valence-corrected chi connectivity index (χ2v) is 5.37. The molecule has 19 heavy (non-hydrogen) atoms. The van der Waals surface area contributed by atoms with Gasteiger partial charge in [-0.2, -0.15) is 5.10 Å². The number of ether oxygens (including phenoxy) is 1. The van der Waals surface area contributed by atoms with Crippen LogP contribution in [-0.2, 0) is 6.54 Å². The molecule has 0 aliphatic carbocycles. The monoisotopic (exact) mass is 284 g/mol. The van der Waals surface area contributed by atoms with Crippen molar-refractivity contribution >= 4 is 17.5 Å². The smallest absolute Gasteiger partial charge is 0.276 e. The molecule has 0 radical (unpaired) electrons. The summed E-state index contributed by atoms with van der Waals surface area (Å²) in [5.41, 5.74) is 0.322. The summed E-state index contributed by atoms with van der Waals surface area (Å²) in [6, 6.07) is 0. The molecule has 0 N–H and O–H groups in total. The molecule has 0 bridgehead atoms. The number of carbonyl (C=O) groups is 1. The maximum Gasteiger partial charge on any atom is 0.276 e. The minimum absolute atomic E-state index is 0.0939. The molecule has 6 nitrogen and oxygen atoms in total. The van der Waals surface area contributed by atoms with Gasteiger partial charge in [0.15, 0.2) is 5.69 Å². The Hall–Kier alpha value is -1.27. The largest absolute Gasteiger partial charge is 0.477 e. The van der Waals surface area contributed by atoms with Crippen molar-refractivity contribution in [2.24, 2.45) is 0 Å². The lowest BCUT2D eigenvalue weighted by atomic mass is 10.3. The van der Waals surface area contributed by atoms with Gasteiger partial charge in [0.25, 0.3) is 5.91 Å². The van der Waals surface area contributed by atoms with Crippen molar-refractivity contribution in [1.82, 2.24) is 19.6 Å². The van der Waals surface area contributed by atoms with Crippen molar-refractivity contribution in [3.8, 4) is 5.88 Å². The molecule has 0 saturated carbocycles. The van der Waals surface area contributed by atoms with Gasteiger partial charge in [-0.25, -0.2) is 4.68 Å². The Morgan fingerprint density at radius 2 is 2.00 bits per heavy atom. The Balaban J connectivity index is 1.82. The third kappa shape index (κ3) is 2.30. The van der Waals surface area contributed by atoms with Crippen LogP contribution in [0.4, 0.5) is 0 Å². The average Bonchev–Trinajstić information content (AvgIpc) is 2.77. The van der Waals surface area contributed by atoms with Crippen LogP contribution in [-0.4, -0.2) is 65.3 Å². The summed E-state index contributed by atoms with van der Waals surface area (Å²) in [5.74, 6) is 0.439. The van der Waals surface area contributed by atoms with Crippen LogP contribution in [0.2, 0.25) is 5.02 Å². The van der Waals surface area contributed by atoms with Crippen LogP contribution < -0.4 is 4.74 Å². The minimum Gasteiger partial charge on any atom is -0.477 e. The highest BCUT2D eigenvalue weighted by Crippen LogP contribution is 2.31. The molecule has 0 unspecified atom stereocenters. The fraction of sp³-hybridized carbons (Fsp3) is 0.667. The van der Waals surface area contributed by atoms with Crippen LogP contribution in [0.25, 0.3) is 0 Å². The van der Waals surface area contributed by atoms with Crippen molar-refractivity contribution in [1.29, 1.82) is 0 Å². The number of piperazine rings is 1. The van der Waals surface area contributed by atoms with Crippen molar-refractivity contribution in [3.05, 3.63) is 10.7 Å². The van der Waals surface area contributed by atoms with Gasteiger partial charge < -0.3 is 14.5 Å². The number of carbonyl (C=O) groups excluding carboxylic acids is 1. The molecule has 1 aromatic heterocycles. The van der Waals surface area contributed by atoms with E-state index in [1.807, 2.05) is 0 Å². The standard InChI is InChI=1S/C12H17ClN4O2/c1-15-4-6-16(7-5-15)11(18)10-9(13)12-17(14-10)3-2-8-19-12/h2-8H2,1H3. The fourth-order valence-electron chi connectivity index (χ4n) is 2.39. The number of hydrogen-bond acceptors (Lipinski definition) is 4. The number of hydrogen-bond donors (Lipinski definition) is 0. The van der Waals surface area contributed by atoms with Crippen LogP contribution in [0.5, 0.6) is 5.88 Å². The Bertz CT molecular complexity index is 494. The molecule has 0 spiro atoms. The molecule has 0 aromatic carbocycles. The number of amides is 1. The summed E-state index contributed by atoms with van der Waals surface area (Å²) in [6.07, 6.45) is 0.896. The third-order valence-electron chi connectivity index (χ3n) is 3.60. The maximum absolute atomic E-state index is 12.4. The lowest BCUT2D eigenvalue weighted by Crippen LogP contribution is -2.47. The van der Waals surface area contributed by atoms with E-state index in [-0.39, 0.29) is 5.91 Å². The molecular weight excluding hydrogens is 268 g/mol. The van der Waals surface area contributed by atoms with Crippen molar-refractivity contribution < 1.29 is 9.53 Å². The van der Waals surface area contributed by atoms with E-state index in [2.05, 4.69) is 17.0 Å². The van der Waals surface area contributed by atoms with E-state index in [4.69, 9.17) is 16.3 Å². The van der Waals surface area contributed by atoms with Crippen LogP contribution in [0.15, 0.2) is 0 Å². The summed E-state index contributed by atoms with van der Waals surface area (Å²) >= 11 is 6.22. The van der Waals surface area contributed by atoms with Crippen LogP contribution in [0.3, 0.4) is 0 Å². The highest BCUT2D eigenvalue weighted by molar-refractivity contribution is 6.34. The van der Waals surface area contributed by atoms with Gasteiger partial charge in [0.1, 0.15) is 5.02 Å². The molecule has 0 atom stereocenters. The molecule has 2 aliphatic rings. The van der Waals surface area contributed by atoms with Gasteiger partial charge in [-0.15, -0.1) is 0 Å². The molecule has 3 heterocycles. The molecule has 104 valence electrons. The van der Waals surface area contributed by atoms with Crippen LogP contribution in [0, 0.1) is 0 Å². The second kappa shape index (κ2) is 5.02. The van der Waals surface area contributed by atoms with Gasteiger partial charge in [0.05, 0.1) is 6.61 Å². The second-order valence-electron chi connectivity index (χ2n) is 4.99. The summed E-state index contributed by atoms with van der Waals surface area (Å²) in [5, 5.41) is 4.65. The molecule has 3 rings (SSSR count). The Morgan fingerprint density at radius 3 is 2.68 bits per heavy atom. The Morgan fingerprint density at radius 1 is 1.26 bits per heavy atom. The molecule has 1 saturated heterocycles. The Labute approximate surface area is 116 Å². The lowest BCUT2D eigenvalue weighted by Gasteiger charge is -2.31. The van der Waals surface area contributed by atoms with E-state index < -0.39 is 0 Å². The first-order chi connectivity index (χ1) is 9.16. The normalized spacial score (nSPS) is 20.0. The predicted octanol–water partition coefficient (Wildman–Crippen LogP) is 0.707. The van der Waals surface area contributed by atoms with Gasteiger partial charge in [0.2, 0.25) is 5.88 Å². The zero-order chi connectivity index (χ0) is 13.4. The molecular formula is C12H17ClN4O2. The van der Waals surface area contributed by atoms with Crippen LogP contribution >= 0.6 is 11.6 Å². The molecule has 1 fully saturated rings. The summed E-state index contributed by atoms with van der Waals surface area (Å²) < 4.78 is 7.17. The molecule has 1 amide bonds. The summed E-state index contributed by atoms with van der Waals surface area (Å²) in [7, 11) is 2.05. The highest BCUT2D eigenvalue weighted by Gasteiger charge is 2.29. The number of nitrogens with zero attached hydrogens (tertiary/aromatic N) is 4. The van der Waals surface area contributed by atoms with Gasteiger partial charge in [-0.05, 0) is 7.05 Å². The number of likely N-dealkylation sites (N-methyl/N-ethyl adjacent to an activating group) is 1. The van der Waals surface area contributed by atoms with Crippen molar-refractivity contribution in [2.45, 2.75) is 13.0 Å². The van der Waals surface area contributed by atoms with Crippen molar-refractivity contribution in [2.75, 3.05) is 39.8 Å². The number of halogens is 1. The fourth-order valence-corrected chi connectivity index (χ4v) is 2.66. The molecule has 7 heteroatoms. The van der Waals surface area contributed by atoms with Crippen LogP contribution in [0.1, 0.15) is 16.9 Å². The highest BCUT2D eigenvalue weighted by atomic mass is 35.5. The van der Waals surface area contributed by atoms with Gasteiger partial charge in [-0.1, -0.05) is 11.6 Å². The maximum atomic E-state index is 12.4. The SMILES string of the molecule is CN1CCN(C(=O)c2nn3c(c2Cl)OCCC3)CC1. The topological polar surface area (TPSA) is 50.6 Å². The average molecular weight is 285 g/mol. The van der Waals surface area contributed by atoms with E-state index in [1.54, 1.807) is 9.58 Å². The van der Waals surface area contributed by atoms with Gasteiger partial charge in [0, 0.05) is 39.1 Å². The van der Waals surface area contributed by atoms with E-state index in [9.17, 15) is 4.79 Å². The number of aromatic nitrogens is 2. The number of aryl methyl sites for hydroxylation is 1. The van der Waals surface area contributed by atoms with E-state index in [0.717, 1.165) is 26.1 Å². The first-order valence-corrected chi connectivity index (χ1v) is 6.91. The van der Waals surface area contributed by atoms with E-state index in [1.165, 1.54) is 0 Å². The zero-order valence-corrected chi connectivity index (χ0v) is 11.7. The first-order valence-electron chi connectivity index (χ1n) is 6.54. The number of fused-ring (bicyclic) bond motifs is 1. The van der Waals surface area contributed by atoms with E-state index >= 15 is 0 Å². The minimum atomic E-state index is -0.0939. The van der Waals surface area contributed by atoms with Crippen molar-refractivity contribution in [3.63, 3.8) is 0 Å². The lowest BCUT2D eigenvalue weighted by molar-refractivity contribution is 0.0657. The summed E-state index contributed by atoms with van der Waals surface area (Å²) in [4.78, 5) is 16.4. The molecule has 2 aliphatic heterocycles. The predicted molar refractivity (Wildman–Crippen MR) is 70.7 cm³/mol. The number of rotatable bonds is 1. The summed E-state index contributed by atoms with van der Waals surface area (Å²) in [6.45, 7) is 4.59. The first kappa shape index (κ1) is 12.7. The van der Waals surface area contributed by atoms with Gasteiger partial charge in [-0.3, -0.25) is 4.79 Å². The van der Waals surface area contributed by atoms with E-state index in [0.29, 0.717) is 36.3 Å².